The average molecular weight is 483 g/mol. The van der Waals surface area contributed by atoms with Gasteiger partial charge in [0.05, 0.1) is 0 Å². The number of likely N-dealkylation sites (tertiary alicyclic amines) is 1. The number of nitrogens with zero attached hydrogens (tertiary/aromatic N) is 1. The first-order chi connectivity index (χ1) is 15.2. The lowest BCUT2D eigenvalue weighted by atomic mass is 9.89. The van der Waals surface area contributed by atoms with Crippen LogP contribution >= 0.6 is 15.9 Å². The van der Waals surface area contributed by atoms with Crippen molar-refractivity contribution in [2.24, 2.45) is 0 Å². The van der Waals surface area contributed by atoms with Crippen molar-refractivity contribution >= 4 is 38.6 Å². The van der Waals surface area contributed by atoms with Crippen LogP contribution in [-0.2, 0) is 0 Å². The van der Waals surface area contributed by atoms with Crippen molar-refractivity contribution in [3.05, 3.63) is 64.8 Å². The Morgan fingerprint density at radius 2 is 1.81 bits per heavy atom. The molecule has 31 heavy (non-hydrogen) atoms. The number of benzene rings is 2. The fourth-order valence-corrected chi connectivity index (χ4v) is 4.71. The standard InChI is InChI=1S/C25H31BrN4O/c26-20-8-10-21(11-9-20)29-25(31)27-14-4-1-5-15-30-16-12-19(13-17-30)23-18-28-24-7-3-2-6-22(23)24/h2-3,6-11,18-19,28H,1,4-5,12-17H2,(H2,27,29,31). The monoisotopic (exact) mass is 482 g/mol. The average Bonchev–Trinajstić information content (AvgIpc) is 3.22. The van der Waals surface area contributed by atoms with Gasteiger partial charge < -0.3 is 20.5 Å². The lowest BCUT2D eigenvalue weighted by Crippen LogP contribution is -2.33. The quantitative estimate of drug-likeness (QED) is 0.339. The molecule has 1 aliphatic rings. The molecule has 3 N–H and O–H groups in total. The van der Waals surface area contributed by atoms with E-state index in [-0.39, 0.29) is 6.03 Å². The normalized spacial score (nSPS) is 15.3. The third-order valence-corrected chi connectivity index (χ3v) is 6.72. The fraction of sp³-hybridized carbons (Fsp3) is 0.400. The third kappa shape index (κ3) is 6.11. The van der Waals surface area contributed by atoms with Gasteiger partial charge in [0.15, 0.2) is 0 Å². The summed E-state index contributed by atoms with van der Waals surface area (Å²) in [6.45, 7) is 4.23. The molecule has 0 unspecified atom stereocenters. The van der Waals surface area contributed by atoms with Gasteiger partial charge in [-0.1, -0.05) is 40.5 Å². The zero-order valence-corrected chi connectivity index (χ0v) is 19.5. The van der Waals surface area contributed by atoms with Gasteiger partial charge >= 0.3 is 6.03 Å². The number of hydrogen-bond acceptors (Lipinski definition) is 2. The summed E-state index contributed by atoms with van der Waals surface area (Å²) in [6.07, 6.45) is 8.03. The maximum absolute atomic E-state index is 11.9. The van der Waals surface area contributed by atoms with E-state index < -0.39 is 0 Å². The minimum absolute atomic E-state index is 0.137. The summed E-state index contributed by atoms with van der Waals surface area (Å²) in [5.41, 5.74) is 3.54. The van der Waals surface area contributed by atoms with Crippen molar-refractivity contribution in [3.63, 3.8) is 0 Å². The van der Waals surface area contributed by atoms with Gasteiger partial charge in [0.1, 0.15) is 0 Å². The van der Waals surface area contributed by atoms with Crippen molar-refractivity contribution in [1.82, 2.24) is 15.2 Å². The number of carbonyl (C=O) groups excluding carboxylic acids is 1. The Labute approximate surface area is 192 Å². The van der Waals surface area contributed by atoms with Crippen LogP contribution in [0, 0.1) is 0 Å². The maximum Gasteiger partial charge on any atom is 0.319 e. The van der Waals surface area contributed by atoms with Crippen LogP contribution in [0.2, 0.25) is 0 Å². The van der Waals surface area contributed by atoms with Crippen molar-refractivity contribution in [2.45, 2.75) is 38.0 Å². The number of halogens is 1. The Morgan fingerprint density at radius 3 is 2.61 bits per heavy atom. The Morgan fingerprint density at radius 1 is 1.03 bits per heavy atom. The molecule has 6 heteroatoms. The molecule has 3 aromatic rings. The molecule has 0 aliphatic carbocycles. The molecular weight excluding hydrogens is 452 g/mol. The van der Waals surface area contributed by atoms with Crippen LogP contribution < -0.4 is 10.6 Å². The number of carbonyl (C=O) groups is 1. The lowest BCUT2D eigenvalue weighted by Gasteiger charge is -2.32. The van der Waals surface area contributed by atoms with Crippen LogP contribution in [0.4, 0.5) is 10.5 Å². The lowest BCUT2D eigenvalue weighted by molar-refractivity contribution is 0.208. The van der Waals surface area contributed by atoms with Gasteiger partial charge in [0.2, 0.25) is 0 Å². The summed E-state index contributed by atoms with van der Waals surface area (Å²) in [5, 5.41) is 7.19. The summed E-state index contributed by atoms with van der Waals surface area (Å²) >= 11 is 3.39. The first-order valence-corrected chi connectivity index (χ1v) is 12.1. The Balaban J connectivity index is 1.08. The molecule has 164 valence electrons. The second-order valence-corrected chi connectivity index (χ2v) is 9.27. The van der Waals surface area contributed by atoms with E-state index in [4.69, 9.17) is 0 Å². The Bertz CT molecular complexity index is 977. The number of aromatic amines is 1. The zero-order valence-electron chi connectivity index (χ0n) is 17.9. The summed E-state index contributed by atoms with van der Waals surface area (Å²) in [6, 6.07) is 16.1. The Hall–Kier alpha value is -2.31. The zero-order chi connectivity index (χ0) is 21.5. The molecule has 0 bridgehead atoms. The Kier molecular flexibility index (Phi) is 7.65. The number of unbranched alkanes of at least 4 members (excludes halogenated alkanes) is 2. The molecule has 4 rings (SSSR count). The first kappa shape index (κ1) is 21.9. The highest BCUT2D eigenvalue weighted by molar-refractivity contribution is 9.10. The third-order valence-electron chi connectivity index (χ3n) is 6.19. The van der Waals surface area contributed by atoms with E-state index in [1.807, 2.05) is 24.3 Å². The van der Waals surface area contributed by atoms with Crippen LogP contribution in [0.25, 0.3) is 10.9 Å². The highest BCUT2D eigenvalue weighted by Gasteiger charge is 2.22. The predicted molar refractivity (Wildman–Crippen MR) is 132 cm³/mol. The van der Waals surface area contributed by atoms with Crippen LogP contribution in [0.5, 0.6) is 0 Å². The number of anilines is 1. The second kappa shape index (κ2) is 10.8. The second-order valence-electron chi connectivity index (χ2n) is 8.35. The highest BCUT2D eigenvalue weighted by atomic mass is 79.9. The minimum atomic E-state index is -0.137. The molecule has 1 saturated heterocycles. The van der Waals surface area contributed by atoms with Gasteiger partial charge in [-0.15, -0.1) is 0 Å². The summed E-state index contributed by atoms with van der Waals surface area (Å²) in [7, 11) is 0. The summed E-state index contributed by atoms with van der Waals surface area (Å²) in [4.78, 5) is 18.0. The van der Waals surface area contributed by atoms with Crippen molar-refractivity contribution < 1.29 is 4.79 Å². The molecule has 2 amide bonds. The molecule has 2 heterocycles. The molecule has 1 fully saturated rings. The first-order valence-electron chi connectivity index (χ1n) is 11.3. The number of urea groups is 1. The number of amides is 2. The van der Waals surface area contributed by atoms with E-state index in [1.165, 1.54) is 48.8 Å². The van der Waals surface area contributed by atoms with Crippen LogP contribution in [-0.4, -0.2) is 42.1 Å². The molecule has 0 spiro atoms. The van der Waals surface area contributed by atoms with E-state index in [2.05, 4.69) is 66.9 Å². The van der Waals surface area contributed by atoms with Gasteiger partial charge in [-0.2, -0.15) is 0 Å². The number of piperidine rings is 1. The molecule has 0 saturated carbocycles. The van der Waals surface area contributed by atoms with E-state index in [9.17, 15) is 4.79 Å². The van der Waals surface area contributed by atoms with Gasteiger partial charge in [-0.05, 0) is 87.1 Å². The summed E-state index contributed by atoms with van der Waals surface area (Å²) < 4.78 is 1.00. The molecule has 1 aliphatic heterocycles. The van der Waals surface area contributed by atoms with E-state index in [0.29, 0.717) is 12.5 Å². The summed E-state index contributed by atoms with van der Waals surface area (Å²) in [5.74, 6) is 0.667. The van der Waals surface area contributed by atoms with Crippen LogP contribution in [0.15, 0.2) is 59.2 Å². The number of hydrogen-bond donors (Lipinski definition) is 3. The molecule has 5 nitrogen and oxygen atoms in total. The van der Waals surface area contributed by atoms with Crippen molar-refractivity contribution in [1.29, 1.82) is 0 Å². The van der Waals surface area contributed by atoms with E-state index in [0.717, 1.165) is 29.5 Å². The molecular formula is C25H31BrN4O. The topological polar surface area (TPSA) is 60.2 Å². The van der Waals surface area contributed by atoms with Crippen LogP contribution in [0.1, 0.15) is 43.6 Å². The van der Waals surface area contributed by atoms with Crippen molar-refractivity contribution in [3.8, 4) is 0 Å². The number of para-hydroxylation sites is 1. The SMILES string of the molecule is O=C(NCCCCCN1CCC(c2c[nH]c3ccccc23)CC1)Nc1ccc(Br)cc1. The number of nitrogens with one attached hydrogen (secondary N) is 3. The number of fused-ring (bicyclic) bond motifs is 1. The van der Waals surface area contributed by atoms with Crippen molar-refractivity contribution in [2.75, 3.05) is 31.5 Å². The molecule has 1 aromatic heterocycles. The molecule has 0 radical (unpaired) electrons. The largest absolute Gasteiger partial charge is 0.361 e. The molecule has 0 atom stereocenters. The highest BCUT2D eigenvalue weighted by Crippen LogP contribution is 2.33. The van der Waals surface area contributed by atoms with E-state index in [1.54, 1.807) is 0 Å². The smallest absolute Gasteiger partial charge is 0.319 e. The number of aromatic nitrogens is 1. The van der Waals surface area contributed by atoms with Gasteiger partial charge in [0, 0.05) is 33.8 Å². The minimum Gasteiger partial charge on any atom is -0.361 e. The van der Waals surface area contributed by atoms with E-state index >= 15 is 0 Å². The van der Waals surface area contributed by atoms with Crippen LogP contribution in [0.3, 0.4) is 0 Å². The number of H-pyrrole nitrogens is 1. The fourth-order valence-electron chi connectivity index (χ4n) is 4.45. The van der Waals surface area contributed by atoms with Gasteiger partial charge in [-0.25, -0.2) is 4.79 Å². The maximum atomic E-state index is 11.9. The number of rotatable bonds is 8. The van der Waals surface area contributed by atoms with Gasteiger partial charge in [-0.3, -0.25) is 0 Å². The van der Waals surface area contributed by atoms with Gasteiger partial charge in [0.25, 0.3) is 0 Å². The molecule has 2 aromatic carbocycles. The predicted octanol–water partition coefficient (Wildman–Crippen LogP) is 6.10.